The number of hydrogen-bond donors (Lipinski definition) is 0. The molecule has 5 rings (SSSR count). The summed E-state index contributed by atoms with van der Waals surface area (Å²) in [5, 5.41) is 6.31. The molecule has 30 heavy (non-hydrogen) atoms. The van der Waals surface area contributed by atoms with Gasteiger partial charge in [0.05, 0.1) is 17.3 Å². The number of fused-ring (bicyclic) bond motifs is 1. The Hall–Kier alpha value is -3.27. The highest BCUT2D eigenvalue weighted by Gasteiger charge is 2.21. The van der Waals surface area contributed by atoms with Crippen LogP contribution in [0.15, 0.2) is 67.3 Å². The average Bonchev–Trinajstić information content (AvgIpc) is 3.46. The van der Waals surface area contributed by atoms with Crippen LogP contribution in [0.3, 0.4) is 0 Å². The van der Waals surface area contributed by atoms with Gasteiger partial charge in [0.2, 0.25) is 0 Å². The zero-order chi connectivity index (χ0) is 20.3. The van der Waals surface area contributed by atoms with Crippen LogP contribution in [0, 0.1) is 0 Å². The first-order valence-corrected chi connectivity index (χ1v) is 10.9. The van der Waals surface area contributed by atoms with E-state index in [9.17, 15) is 0 Å². The van der Waals surface area contributed by atoms with E-state index in [1.54, 1.807) is 0 Å². The number of benzene rings is 1. The molecule has 0 atom stereocenters. The molecule has 0 saturated heterocycles. The molecule has 4 aromatic rings. The van der Waals surface area contributed by atoms with Gasteiger partial charge in [-0.05, 0) is 77.9 Å². The first kappa shape index (κ1) is 18.7. The van der Waals surface area contributed by atoms with E-state index in [-0.39, 0.29) is 0 Å². The van der Waals surface area contributed by atoms with Gasteiger partial charge >= 0.3 is 0 Å². The molecule has 150 valence electrons. The Labute approximate surface area is 177 Å². The SMILES string of the molecule is CCc1nn(C2CCCC2)c2cc(/C(=C/c3ccncc3)c3ccncc3)ccc12. The van der Waals surface area contributed by atoms with E-state index in [1.807, 2.05) is 36.9 Å². The number of rotatable bonds is 5. The molecule has 1 aliphatic rings. The lowest BCUT2D eigenvalue weighted by Gasteiger charge is -2.13. The smallest absolute Gasteiger partial charge is 0.0700 e. The van der Waals surface area contributed by atoms with Crippen LogP contribution in [0.4, 0.5) is 0 Å². The number of nitrogens with zero attached hydrogens (tertiary/aromatic N) is 4. The minimum Gasteiger partial charge on any atom is -0.265 e. The first-order chi connectivity index (χ1) is 14.8. The van der Waals surface area contributed by atoms with Crippen molar-refractivity contribution in [3.8, 4) is 0 Å². The van der Waals surface area contributed by atoms with Crippen LogP contribution in [0.1, 0.15) is 61.0 Å². The summed E-state index contributed by atoms with van der Waals surface area (Å²) < 4.78 is 2.31. The minimum absolute atomic E-state index is 0.525. The lowest BCUT2D eigenvalue weighted by molar-refractivity contribution is 0.478. The molecule has 3 heterocycles. The van der Waals surface area contributed by atoms with Gasteiger partial charge in [-0.3, -0.25) is 14.6 Å². The summed E-state index contributed by atoms with van der Waals surface area (Å²) in [6, 6.07) is 15.6. The second kappa shape index (κ2) is 8.23. The Balaban J connectivity index is 1.68. The summed E-state index contributed by atoms with van der Waals surface area (Å²) in [4.78, 5) is 8.36. The van der Waals surface area contributed by atoms with Gasteiger partial charge in [0.25, 0.3) is 0 Å². The van der Waals surface area contributed by atoms with Crippen molar-refractivity contribution in [3.05, 3.63) is 89.6 Å². The van der Waals surface area contributed by atoms with E-state index in [4.69, 9.17) is 5.10 Å². The van der Waals surface area contributed by atoms with E-state index in [1.165, 1.54) is 53.4 Å². The quantitative estimate of drug-likeness (QED) is 0.411. The maximum atomic E-state index is 5.03. The molecule has 4 nitrogen and oxygen atoms in total. The summed E-state index contributed by atoms with van der Waals surface area (Å²) >= 11 is 0. The highest BCUT2D eigenvalue weighted by Crippen LogP contribution is 2.35. The number of hydrogen-bond acceptors (Lipinski definition) is 3. The molecule has 0 aliphatic heterocycles. The Kier molecular flexibility index (Phi) is 5.14. The Morgan fingerprint density at radius 3 is 2.33 bits per heavy atom. The summed E-state index contributed by atoms with van der Waals surface area (Å²) in [6.45, 7) is 2.19. The molecule has 0 bridgehead atoms. The van der Waals surface area contributed by atoms with Gasteiger partial charge in [-0.1, -0.05) is 31.9 Å². The van der Waals surface area contributed by atoms with Crippen LogP contribution in [0.2, 0.25) is 0 Å². The topological polar surface area (TPSA) is 43.6 Å². The van der Waals surface area contributed by atoms with Crippen molar-refractivity contribution in [2.75, 3.05) is 0 Å². The fourth-order valence-electron chi connectivity index (χ4n) is 4.55. The highest BCUT2D eigenvalue weighted by atomic mass is 15.3. The maximum absolute atomic E-state index is 5.03. The summed E-state index contributed by atoms with van der Waals surface area (Å²) in [5.41, 5.74) is 7.13. The predicted octanol–water partition coefficient (Wildman–Crippen LogP) is 6.09. The molecular formula is C26H26N4. The van der Waals surface area contributed by atoms with E-state index >= 15 is 0 Å². The van der Waals surface area contributed by atoms with Gasteiger partial charge in [0, 0.05) is 30.2 Å². The zero-order valence-electron chi connectivity index (χ0n) is 17.3. The van der Waals surface area contributed by atoms with Gasteiger partial charge in [0.1, 0.15) is 0 Å². The molecule has 1 aliphatic carbocycles. The lowest BCUT2D eigenvalue weighted by Crippen LogP contribution is -2.06. The minimum atomic E-state index is 0.525. The van der Waals surface area contributed by atoms with Crippen molar-refractivity contribution in [2.45, 2.75) is 45.1 Å². The van der Waals surface area contributed by atoms with Crippen molar-refractivity contribution in [2.24, 2.45) is 0 Å². The van der Waals surface area contributed by atoms with Gasteiger partial charge in [-0.2, -0.15) is 5.10 Å². The van der Waals surface area contributed by atoms with Crippen LogP contribution in [-0.2, 0) is 6.42 Å². The van der Waals surface area contributed by atoms with Crippen LogP contribution in [0.5, 0.6) is 0 Å². The summed E-state index contributed by atoms with van der Waals surface area (Å²) in [6.07, 6.45) is 15.6. The van der Waals surface area contributed by atoms with Gasteiger partial charge in [-0.25, -0.2) is 0 Å². The summed E-state index contributed by atoms with van der Waals surface area (Å²) in [7, 11) is 0. The Morgan fingerprint density at radius 2 is 1.63 bits per heavy atom. The van der Waals surface area contributed by atoms with Crippen molar-refractivity contribution < 1.29 is 0 Å². The summed E-state index contributed by atoms with van der Waals surface area (Å²) in [5.74, 6) is 0. The molecule has 0 amide bonds. The zero-order valence-corrected chi connectivity index (χ0v) is 17.3. The molecular weight excluding hydrogens is 368 g/mol. The molecule has 4 heteroatoms. The molecule has 1 saturated carbocycles. The first-order valence-electron chi connectivity index (χ1n) is 10.9. The fraction of sp³-hybridized carbons (Fsp3) is 0.269. The lowest BCUT2D eigenvalue weighted by atomic mass is 9.95. The molecule has 0 unspecified atom stereocenters. The molecule has 0 N–H and O–H groups in total. The van der Waals surface area contributed by atoms with Crippen LogP contribution in [0.25, 0.3) is 22.6 Å². The molecule has 0 radical (unpaired) electrons. The third-order valence-corrected chi connectivity index (χ3v) is 6.11. The second-order valence-electron chi connectivity index (χ2n) is 7.99. The van der Waals surface area contributed by atoms with E-state index in [0.29, 0.717) is 6.04 Å². The van der Waals surface area contributed by atoms with Crippen molar-refractivity contribution in [1.29, 1.82) is 0 Å². The van der Waals surface area contributed by atoms with Crippen LogP contribution >= 0.6 is 0 Å². The third-order valence-electron chi connectivity index (χ3n) is 6.11. The highest BCUT2D eigenvalue weighted by molar-refractivity contribution is 5.95. The average molecular weight is 395 g/mol. The number of pyridine rings is 2. The monoisotopic (exact) mass is 394 g/mol. The number of aryl methyl sites for hydroxylation is 1. The number of aromatic nitrogens is 4. The Morgan fingerprint density at radius 1 is 0.933 bits per heavy atom. The van der Waals surface area contributed by atoms with Gasteiger partial charge in [-0.15, -0.1) is 0 Å². The van der Waals surface area contributed by atoms with Gasteiger partial charge in [0.15, 0.2) is 0 Å². The Bertz CT molecular complexity index is 1170. The van der Waals surface area contributed by atoms with Crippen LogP contribution in [-0.4, -0.2) is 19.7 Å². The van der Waals surface area contributed by atoms with E-state index in [2.05, 4.69) is 58.0 Å². The van der Waals surface area contributed by atoms with Crippen molar-refractivity contribution in [3.63, 3.8) is 0 Å². The normalized spacial score (nSPS) is 15.2. The largest absolute Gasteiger partial charge is 0.265 e. The molecule has 1 aromatic carbocycles. The van der Waals surface area contributed by atoms with E-state index < -0.39 is 0 Å². The van der Waals surface area contributed by atoms with Crippen molar-refractivity contribution >= 4 is 22.6 Å². The maximum Gasteiger partial charge on any atom is 0.0700 e. The molecule has 3 aromatic heterocycles. The predicted molar refractivity (Wildman–Crippen MR) is 122 cm³/mol. The van der Waals surface area contributed by atoms with E-state index in [0.717, 1.165) is 17.5 Å². The van der Waals surface area contributed by atoms with Crippen LogP contribution < -0.4 is 0 Å². The molecule has 0 spiro atoms. The molecule has 1 fully saturated rings. The third kappa shape index (κ3) is 3.54. The fourth-order valence-corrected chi connectivity index (χ4v) is 4.55. The second-order valence-corrected chi connectivity index (χ2v) is 7.99. The van der Waals surface area contributed by atoms with Gasteiger partial charge < -0.3 is 0 Å². The van der Waals surface area contributed by atoms with Crippen molar-refractivity contribution in [1.82, 2.24) is 19.7 Å². The standard InChI is InChI=1S/C26H26N4/c1-2-25-23-8-7-21(18-26(23)30(29-25)22-5-3-4-6-22)24(20-11-15-28-16-12-20)17-19-9-13-27-14-10-19/h7-18,22H,2-6H2,1H3/b24-17+.